The van der Waals surface area contributed by atoms with Crippen molar-refractivity contribution in [2.75, 3.05) is 7.11 Å². The smallest absolute Gasteiger partial charge is 0.118 e. The van der Waals surface area contributed by atoms with Gasteiger partial charge in [0, 0.05) is 11.1 Å². The van der Waals surface area contributed by atoms with Gasteiger partial charge in [0.25, 0.3) is 0 Å². The van der Waals surface area contributed by atoms with E-state index >= 15 is 0 Å². The average molecular weight is 475 g/mol. The molecular formula is C24H15Cl4NO. The lowest BCUT2D eigenvalue weighted by Crippen LogP contribution is -1.92. The van der Waals surface area contributed by atoms with Gasteiger partial charge >= 0.3 is 0 Å². The molecule has 0 saturated carbocycles. The van der Waals surface area contributed by atoms with Crippen molar-refractivity contribution in [3.05, 3.63) is 92.9 Å². The van der Waals surface area contributed by atoms with Crippen LogP contribution in [0.1, 0.15) is 0 Å². The van der Waals surface area contributed by atoms with Crippen molar-refractivity contribution in [2.24, 2.45) is 0 Å². The van der Waals surface area contributed by atoms with E-state index in [1.165, 1.54) is 0 Å². The molecule has 2 nitrogen and oxygen atoms in total. The summed E-state index contributed by atoms with van der Waals surface area (Å²) in [5, 5.41) is 1.94. The molecule has 4 aromatic rings. The second-order valence-electron chi connectivity index (χ2n) is 6.61. The molecule has 0 aliphatic rings. The first-order valence-corrected chi connectivity index (χ1v) is 10.5. The number of rotatable bonds is 4. The molecule has 6 heteroatoms. The van der Waals surface area contributed by atoms with Crippen molar-refractivity contribution < 1.29 is 4.74 Å². The Bertz CT molecular complexity index is 1150. The Kier molecular flexibility index (Phi) is 6.21. The van der Waals surface area contributed by atoms with E-state index in [4.69, 9.17) is 56.1 Å². The molecule has 3 aromatic carbocycles. The van der Waals surface area contributed by atoms with Crippen LogP contribution in [0.25, 0.3) is 33.6 Å². The van der Waals surface area contributed by atoms with E-state index in [1.54, 1.807) is 19.2 Å². The molecule has 1 aromatic heterocycles. The first kappa shape index (κ1) is 21.0. The van der Waals surface area contributed by atoms with Crippen LogP contribution in [0.4, 0.5) is 0 Å². The van der Waals surface area contributed by atoms with Gasteiger partial charge in [0.1, 0.15) is 5.75 Å². The summed E-state index contributed by atoms with van der Waals surface area (Å²) in [6.07, 6.45) is 0. The Morgan fingerprint density at radius 1 is 0.533 bits per heavy atom. The number of hydrogen-bond acceptors (Lipinski definition) is 2. The summed E-state index contributed by atoms with van der Waals surface area (Å²) in [5.74, 6) is 0.794. The molecule has 0 spiro atoms. The van der Waals surface area contributed by atoms with Gasteiger partial charge in [0.2, 0.25) is 0 Å². The van der Waals surface area contributed by atoms with Gasteiger partial charge in [-0.1, -0.05) is 70.7 Å². The van der Waals surface area contributed by atoms with Crippen LogP contribution in [0.15, 0.2) is 72.8 Å². The van der Waals surface area contributed by atoms with Crippen LogP contribution in [0.5, 0.6) is 5.75 Å². The summed E-state index contributed by atoms with van der Waals surface area (Å²) in [5.41, 5.74) is 5.28. The topological polar surface area (TPSA) is 22.1 Å². The highest BCUT2D eigenvalue weighted by molar-refractivity contribution is 6.42. The molecule has 0 unspecified atom stereocenters. The largest absolute Gasteiger partial charge is 0.497 e. The SMILES string of the molecule is COc1ccc(-c2cc(-c3ccc(Cl)c(Cl)c3)nc(-c3ccc(Cl)c(Cl)c3)c2)cc1. The fourth-order valence-electron chi connectivity index (χ4n) is 3.09. The maximum atomic E-state index is 6.24. The van der Waals surface area contributed by atoms with Crippen LogP contribution < -0.4 is 4.74 Å². The first-order chi connectivity index (χ1) is 14.4. The van der Waals surface area contributed by atoms with Gasteiger partial charge in [-0.05, 0) is 59.7 Å². The number of ether oxygens (including phenoxy) is 1. The standard InChI is InChI=1S/C24H15Cl4NO/c1-30-18-6-2-14(3-7-18)17-12-23(15-4-8-19(25)21(27)10-15)29-24(13-17)16-5-9-20(26)22(28)11-16/h2-13H,1H3. The van der Waals surface area contributed by atoms with Crippen molar-refractivity contribution in [3.8, 4) is 39.4 Å². The molecule has 0 amide bonds. The quantitative estimate of drug-likeness (QED) is 0.295. The maximum Gasteiger partial charge on any atom is 0.118 e. The van der Waals surface area contributed by atoms with E-state index in [2.05, 4.69) is 0 Å². The van der Waals surface area contributed by atoms with Crippen LogP contribution in [0.2, 0.25) is 20.1 Å². The molecule has 0 atom stereocenters. The molecule has 0 N–H and O–H groups in total. The van der Waals surface area contributed by atoms with Gasteiger partial charge in [-0.2, -0.15) is 0 Å². The third-order valence-electron chi connectivity index (χ3n) is 4.68. The highest BCUT2D eigenvalue weighted by Gasteiger charge is 2.11. The lowest BCUT2D eigenvalue weighted by atomic mass is 10.00. The van der Waals surface area contributed by atoms with Crippen molar-refractivity contribution >= 4 is 46.4 Å². The van der Waals surface area contributed by atoms with Gasteiger partial charge in [-0.3, -0.25) is 0 Å². The van der Waals surface area contributed by atoms with E-state index in [0.717, 1.165) is 39.4 Å². The molecule has 0 saturated heterocycles. The lowest BCUT2D eigenvalue weighted by Gasteiger charge is -2.12. The van der Waals surface area contributed by atoms with Gasteiger partial charge in [0.15, 0.2) is 0 Å². The summed E-state index contributed by atoms with van der Waals surface area (Å²) in [7, 11) is 1.65. The third-order valence-corrected chi connectivity index (χ3v) is 6.16. The molecule has 0 bridgehead atoms. The Morgan fingerprint density at radius 3 is 1.43 bits per heavy atom. The number of aromatic nitrogens is 1. The Hall–Kier alpha value is -2.23. The molecule has 0 aliphatic carbocycles. The fraction of sp³-hybridized carbons (Fsp3) is 0.0417. The minimum Gasteiger partial charge on any atom is -0.497 e. The Labute approximate surface area is 195 Å². The monoisotopic (exact) mass is 473 g/mol. The normalized spacial score (nSPS) is 10.8. The highest BCUT2D eigenvalue weighted by Crippen LogP contribution is 2.35. The molecular weight excluding hydrogens is 460 g/mol. The van der Waals surface area contributed by atoms with Crippen LogP contribution in [-0.4, -0.2) is 12.1 Å². The summed E-state index contributed by atoms with van der Waals surface area (Å²) in [4.78, 5) is 4.85. The zero-order chi connectivity index (χ0) is 21.3. The molecule has 0 fully saturated rings. The van der Waals surface area contributed by atoms with Crippen LogP contribution in [0, 0.1) is 0 Å². The molecule has 0 aliphatic heterocycles. The second kappa shape index (κ2) is 8.87. The second-order valence-corrected chi connectivity index (χ2v) is 8.24. The molecule has 1 heterocycles. The minimum absolute atomic E-state index is 0.474. The highest BCUT2D eigenvalue weighted by atomic mass is 35.5. The van der Waals surface area contributed by atoms with Crippen molar-refractivity contribution in [1.29, 1.82) is 0 Å². The van der Waals surface area contributed by atoms with Crippen LogP contribution in [-0.2, 0) is 0 Å². The van der Waals surface area contributed by atoms with Gasteiger partial charge in [0.05, 0.1) is 38.6 Å². The van der Waals surface area contributed by atoms with E-state index in [1.807, 2.05) is 60.7 Å². The summed E-state index contributed by atoms with van der Waals surface area (Å²) >= 11 is 24.7. The van der Waals surface area contributed by atoms with E-state index in [9.17, 15) is 0 Å². The molecule has 150 valence electrons. The Balaban J connectivity index is 1.90. The van der Waals surface area contributed by atoms with E-state index in [0.29, 0.717) is 20.1 Å². The van der Waals surface area contributed by atoms with E-state index < -0.39 is 0 Å². The molecule has 4 rings (SSSR count). The summed E-state index contributed by atoms with van der Waals surface area (Å²) in [6.45, 7) is 0. The maximum absolute atomic E-state index is 6.24. The number of halogens is 4. The van der Waals surface area contributed by atoms with Crippen molar-refractivity contribution in [1.82, 2.24) is 4.98 Å². The molecule has 0 radical (unpaired) electrons. The van der Waals surface area contributed by atoms with Gasteiger partial charge < -0.3 is 4.74 Å². The van der Waals surface area contributed by atoms with Gasteiger partial charge in [-0.15, -0.1) is 0 Å². The predicted molar refractivity (Wildman–Crippen MR) is 127 cm³/mol. The third kappa shape index (κ3) is 4.43. The van der Waals surface area contributed by atoms with Crippen LogP contribution >= 0.6 is 46.4 Å². The molecule has 30 heavy (non-hydrogen) atoms. The van der Waals surface area contributed by atoms with Crippen LogP contribution in [0.3, 0.4) is 0 Å². The van der Waals surface area contributed by atoms with E-state index in [-0.39, 0.29) is 0 Å². The number of pyridine rings is 1. The summed E-state index contributed by atoms with van der Waals surface area (Å²) < 4.78 is 5.27. The minimum atomic E-state index is 0.474. The van der Waals surface area contributed by atoms with Crippen molar-refractivity contribution in [3.63, 3.8) is 0 Å². The number of benzene rings is 3. The Morgan fingerprint density at radius 2 is 1.00 bits per heavy atom. The zero-order valence-electron chi connectivity index (χ0n) is 15.8. The number of methoxy groups -OCH3 is 1. The number of nitrogens with zero attached hydrogens (tertiary/aromatic N) is 1. The lowest BCUT2D eigenvalue weighted by molar-refractivity contribution is 0.415. The average Bonchev–Trinajstić information content (AvgIpc) is 2.77. The first-order valence-electron chi connectivity index (χ1n) is 9.02. The van der Waals surface area contributed by atoms with Gasteiger partial charge in [-0.25, -0.2) is 4.98 Å². The van der Waals surface area contributed by atoms with Crippen molar-refractivity contribution in [2.45, 2.75) is 0 Å². The fourth-order valence-corrected chi connectivity index (χ4v) is 3.68. The summed E-state index contributed by atoms with van der Waals surface area (Å²) in [6, 6.07) is 22.8. The predicted octanol–water partition coefficient (Wildman–Crippen LogP) is 8.70. The zero-order valence-corrected chi connectivity index (χ0v) is 18.8. The number of hydrogen-bond donors (Lipinski definition) is 0.